The standard InChI is InChI=1S/C10H6F6O3/c11-9(12,13)8(17,10(14,15)16)5-2-1-3-6-7(5)19-4-18-6/h1-3,17H,4H2. The Labute approximate surface area is 102 Å². The number of halogens is 6. The van der Waals surface area contributed by atoms with E-state index in [2.05, 4.69) is 4.74 Å². The minimum Gasteiger partial charge on any atom is -0.454 e. The number of rotatable bonds is 1. The summed E-state index contributed by atoms with van der Waals surface area (Å²) in [7, 11) is 0. The van der Waals surface area contributed by atoms with E-state index in [0.717, 1.165) is 12.1 Å². The van der Waals surface area contributed by atoms with Gasteiger partial charge in [0.05, 0.1) is 0 Å². The first-order valence-electron chi connectivity index (χ1n) is 4.84. The minimum atomic E-state index is -5.95. The largest absolute Gasteiger partial charge is 0.454 e. The lowest BCUT2D eigenvalue weighted by atomic mass is 9.91. The number of alkyl halides is 6. The Morgan fingerprint density at radius 3 is 2.05 bits per heavy atom. The molecule has 19 heavy (non-hydrogen) atoms. The highest BCUT2D eigenvalue weighted by molar-refractivity contribution is 5.51. The van der Waals surface area contributed by atoms with Crippen LogP contribution >= 0.6 is 0 Å². The Balaban J connectivity index is 2.68. The molecule has 0 unspecified atom stereocenters. The molecule has 1 aromatic rings. The smallest absolute Gasteiger partial charge is 0.430 e. The molecule has 0 saturated carbocycles. The van der Waals surface area contributed by atoms with Crippen molar-refractivity contribution in [1.29, 1.82) is 0 Å². The summed E-state index contributed by atoms with van der Waals surface area (Å²) >= 11 is 0. The van der Waals surface area contributed by atoms with Crippen LogP contribution in [0, 0.1) is 0 Å². The Morgan fingerprint density at radius 1 is 0.947 bits per heavy atom. The first-order chi connectivity index (χ1) is 8.59. The molecule has 3 nitrogen and oxygen atoms in total. The highest BCUT2D eigenvalue weighted by Crippen LogP contribution is 2.54. The predicted molar refractivity (Wildman–Crippen MR) is 48.6 cm³/mol. The minimum absolute atomic E-state index is 0.288. The van der Waals surface area contributed by atoms with E-state index in [1.54, 1.807) is 0 Å². The third-order valence-electron chi connectivity index (χ3n) is 2.61. The normalized spacial score (nSPS) is 15.7. The zero-order valence-corrected chi connectivity index (χ0v) is 8.97. The maximum Gasteiger partial charge on any atom is 0.430 e. The van der Waals surface area contributed by atoms with Gasteiger partial charge in [-0.25, -0.2) is 0 Å². The molecule has 1 N–H and O–H groups in total. The van der Waals surface area contributed by atoms with Crippen LogP contribution in [0.2, 0.25) is 0 Å². The van der Waals surface area contributed by atoms with E-state index in [1.165, 1.54) is 0 Å². The van der Waals surface area contributed by atoms with Gasteiger partial charge in [0.1, 0.15) is 0 Å². The maximum absolute atomic E-state index is 12.7. The molecule has 106 valence electrons. The van der Waals surface area contributed by atoms with Crippen LogP contribution in [0.5, 0.6) is 11.5 Å². The van der Waals surface area contributed by atoms with Gasteiger partial charge in [0.2, 0.25) is 6.79 Å². The lowest BCUT2D eigenvalue weighted by molar-refractivity contribution is -0.376. The van der Waals surface area contributed by atoms with Gasteiger partial charge >= 0.3 is 12.4 Å². The van der Waals surface area contributed by atoms with Crippen LogP contribution in [-0.4, -0.2) is 24.3 Å². The summed E-state index contributed by atoms with van der Waals surface area (Å²) in [5.41, 5.74) is -6.46. The predicted octanol–water partition coefficient (Wildman–Crippen LogP) is 2.73. The first-order valence-corrected chi connectivity index (χ1v) is 4.84. The summed E-state index contributed by atoms with van der Waals surface area (Å²) in [6, 6.07) is 2.54. The maximum atomic E-state index is 12.7. The summed E-state index contributed by atoms with van der Waals surface area (Å²) in [5.74, 6) is -1.05. The molecule has 0 aromatic heterocycles. The molecular formula is C10H6F6O3. The van der Waals surface area contributed by atoms with E-state index in [1.807, 2.05) is 0 Å². The SMILES string of the molecule is OC(c1cccc2c1OCO2)(C(F)(F)F)C(F)(F)F. The van der Waals surface area contributed by atoms with E-state index in [-0.39, 0.29) is 5.75 Å². The van der Waals surface area contributed by atoms with Crippen molar-refractivity contribution in [2.75, 3.05) is 6.79 Å². The van der Waals surface area contributed by atoms with Crippen molar-refractivity contribution in [2.24, 2.45) is 0 Å². The molecule has 0 aliphatic carbocycles. The molecule has 1 heterocycles. The fraction of sp³-hybridized carbons (Fsp3) is 0.400. The Bertz CT molecular complexity index is 479. The molecule has 2 rings (SSSR count). The van der Waals surface area contributed by atoms with Gasteiger partial charge in [0.25, 0.3) is 5.60 Å². The lowest BCUT2D eigenvalue weighted by Crippen LogP contribution is -2.54. The van der Waals surface area contributed by atoms with Gasteiger partial charge in [-0.05, 0) is 6.07 Å². The van der Waals surface area contributed by atoms with Gasteiger partial charge in [0, 0.05) is 5.56 Å². The van der Waals surface area contributed by atoms with Gasteiger partial charge in [-0.3, -0.25) is 0 Å². The van der Waals surface area contributed by atoms with Crippen LogP contribution < -0.4 is 9.47 Å². The highest BCUT2D eigenvalue weighted by atomic mass is 19.4. The van der Waals surface area contributed by atoms with Crippen molar-refractivity contribution < 1.29 is 40.9 Å². The topological polar surface area (TPSA) is 38.7 Å². The van der Waals surface area contributed by atoms with Crippen LogP contribution in [0.25, 0.3) is 0 Å². The molecule has 0 spiro atoms. The summed E-state index contributed by atoms with van der Waals surface area (Å²) in [4.78, 5) is 0. The van der Waals surface area contributed by atoms with Crippen LogP contribution in [-0.2, 0) is 5.60 Å². The summed E-state index contributed by atoms with van der Waals surface area (Å²) in [6.07, 6.45) is -11.9. The van der Waals surface area contributed by atoms with E-state index in [4.69, 9.17) is 4.74 Å². The quantitative estimate of drug-likeness (QED) is 0.808. The second-order valence-corrected chi connectivity index (χ2v) is 3.75. The lowest BCUT2D eigenvalue weighted by Gasteiger charge is -2.33. The number of aliphatic hydroxyl groups is 1. The number of ether oxygens (including phenoxy) is 2. The second kappa shape index (κ2) is 3.92. The average molecular weight is 288 g/mol. The van der Waals surface area contributed by atoms with E-state index < -0.39 is 36.1 Å². The molecule has 0 bridgehead atoms. The fourth-order valence-electron chi connectivity index (χ4n) is 1.68. The summed E-state index contributed by atoms with van der Waals surface area (Å²) in [5, 5.41) is 9.23. The third-order valence-corrected chi connectivity index (χ3v) is 2.61. The molecule has 0 radical (unpaired) electrons. The van der Waals surface area contributed by atoms with Crippen molar-refractivity contribution in [3.63, 3.8) is 0 Å². The van der Waals surface area contributed by atoms with Gasteiger partial charge in [-0.2, -0.15) is 26.3 Å². The second-order valence-electron chi connectivity index (χ2n) is 3.75. The van der Waals surface area contributed by atoms with Crippen LogP contribution in [0.1, 0.15) is 5.56 Å². The number of benzene rings is 1. The first kappa shape index (κ1) is 13.8. The zero-order valence-electron chi connectivity index (χ0n) is 8.97. The van der Waals surface area contributed by atoms with Crippen molar-refractivity contribution >= 4 is 0 Å². The molecule has 1 aliphatic heterocycles. The molecular weight excluding hydrogens is 282 g/mol. The number of fused-ring (bicyclic) bond motifs is 1. The van der Waals surface area contributed by atoms with Gasteiger partial charge in [-0.15, -0.1) is 0 Å². The van der Waals surface area contributed by atoms with E-state index in [9.17, 15) is 31.4 Å². The van der Waals surface area contributed by atoms with Crippen LogP contribution in [0.4, 0.5) is 26.3 Å². The third kappa shape index (κ3) is 1.88. The van der Waals surface area contributed by atoms with Crippen molar-refractivity contribution in [3.05, 3.63) is 23.8 Å². The summed E-state index contributed by atoms with van der Waals surface area (Å²) in [6.45, 7) is -0.516. The average Bonchev–Trinajstić information content (AvgIpc) is 2.72. The van der Waals surface area contributed by atoms with E-state index in [0.29, 0.717) is 6.07 Å². The molecule has 9 heteroatoms. The molecule has 0 saturated heterocycles. The number of para-hydroxylation sites is 1. The van der Waals surface area contributed by atoms with Crippen molar-refractivity contribution in [1.82, 2.24) is 0 Å². The van der Waals surface area contributed by atoms with Crippen molar-refractivity contribution in [2.45, 2.75) is 18.0 Å². The molecule has 0 amide bonds. The molecule has 1 aliphatic rings. The number of hydrogen-bond donors (Lipinski definition) is 1. The molecule has 0 fully saturated rings. The van der Waals surface area contributed by atoms with Gasteiger partial charge in [-0.1, -0.05) is 12.1 Å². The van der Waals surface area contributed by atoms with Crippen LogP contribution in [0.15, 0.2) is 18.2 Å². The van der Waals surface area contributed by atoms with E-state index >= 15 is 0 Å². The molecule has 0 atom stereocenters. The Hall–Kier alpha value is -1.64. The zero-order chi connectivity index (χ0) is 14.5. The van der Waals surface area contributed by atoms with Crippen molar-refractivity contribution in [3.8, 4) is 11.5 Å². The molecule has 1 aromatic carbocycles. The Kier molecular flexibility index (Phi) is 2.85. The number of hydrogen-bond acceptors (Lipinski definition) is 3. The van der Waals surface area contributed by atoms with Crippen LogP contribution in [0.3, 0.4) is 0 Å². The monoisotopic (exact) mass is 288 g/mol. The van der Waals surface area contributed by atoms with Gasteiger partial charge < -0.3 is 14.6 Å². The highest BCUT2D eigenvalue weighted by Gasteiger charge is 2.72. The fourth-order valence-corrected chi connectivity index (χ4v) is 1.68. The summed E-state index contributed by atoms with van der Waals surface area (Å²) < 4.78 is 85.4. The Morgan fingerprint density at radius 2 is 1.53 bits per heavy atom. The van der Waals surface area contributed by atoms with Gasteiger partial charge in [0.15, 0.2) is 11.5 Å².